The van der Waals surface area contributed by atoms with Crippen molar-refractivity contribution in [3.8, 4) is 0 Å². The monoisotopic (exact) mass is 242 g/mol. The van der Waals surface area contributed by atoms with E-state index in [1.165, 1.54) is 0 Å². The van der Waals surface area contributed by atoms with Crippen molar-refractivity contribution in [2.24, 2.45) is 11.3 Å². The summed E-state index contributed by atoms with van der Waals surface area (Å²) in [4.78, 5) is 11.9. The first kappa shape index (κ1) is 14.5. The van der Waals surface area contributed by atoms with Crippen molar-refractivity contribution < 1.29 is 9.53 Å². The van der Waals surface area contributed by atoms with Crippen molar-refractivity contribution in [1.82, 2.24) is 10.6 Å². The van der Waals surface area contributed by atoms with E-state index in [2.05, 4.69) is 24.5 Å². The second-order valence-electron chi connectivity index (χ2n) is 5.67. The molecule has 1 saturated heterocycles. The van der Waals surface area contributed by atoms with Crippen LogP contribution in [0.15, 0.2) is 0 Å². The van der Waals surface area contributed by atoms with Gasteiger partial charge < -0.3 is 15.4 Å². The van der Waals surface area contributed by atoms with Crippen molar-refractivity contribution in [2.45, 2.75) is 33.1 Å². The van der Waals surface area contributed by atoms with Crippen LogP contribution in [-0.4, -0.2) is 39.3 Å². The van der Waals surface area contributed by atoms with Gasteiger partial charge in [0.2, 0.25) is 5.91 Å². The normalized spacial score (nSPS) is 21.2. The average Bonchev–Trinajstić information content (AvgIpc) is 2.35. The number of hydrogen-bond acceptors (Lipinski definition) is 3. The van der Waals surface area contributed by atoms with Gasteiger partial charge in [-0.3, -0.25) is 4.79 Å². The quantitative estimate of drug-likeness (QED) is 0.735. The fraction of sp³-hybridized carbons (Fsp3) is 0.923. The molecule has 100 valence electrons. The first-order valence-corrected chi connectivity index (χ1v) is 6.52. The molecule has 17 heavy (non-hydrogen) atoms. The second-order valence-corrected chi connectivity index (χ2v) is 5.67. The summed E-state index contributed by atoms with van der Waals surface area (Å²) < 4.78 is 5.08. The minimum atomic E-state index is 0.105. The lowest BCUT2D eigenvalue weighted by Gasteiger charge is -2.27. The number of ether oxygens (including phenoxy) is 1. The lowest BCUT2D eigenvalue weighted by atomic mass is 9.89. The molecule has 4 heteroatoms. The Balaban J connectivity index is 2.26. The van der Waals surface area contributed by atoms with E-state index < -0.39 is 0 Å². The van der Waals surface area contributed by atoms with E-state index >= 15 is 0 Å². The minimum absolute atomic E-state index is 0.105. The number of hydrogen-bond donors (Lipinski definition) is 2. The second kappa shape index (κ2) is 6.97. The smallest absolute Gasteiger partial charge is 0.224 e. The number of rotatable bonds is 6. The van der Waals surface area contributed by atoms with Gasteiger partial charge in [0.1, 0.15) is 0 Å². The van der Waals surface area contributed by atoms with Gasteiger partial charge in [-0.25, -0.2) is 0 Å². The Kier molecular flexibility index (Phi) is 5.92. The molecule has 0 bridgehead atoms. The van der Waals surface area contributed by atoms with Gasteiger partial charge in [0, 0.05) is 26.8 Å². The highest BCUT2D eigenvalue weighted by molar-refractivity contribution is 5.79. The zero-order valence-electron chi connectivity index (χ0n) is 11.3. The van der Waals surface area contributed by atoms with Crippen LogP contribution < -0.4 is 10.6 Å². The molecule has 0 saturated carbocycles. The molecule has 4 nitrogen and oxygen atoms in total. The van der Waals surface area contributed by atoms with E-state index in [0.717, 1.165) is 45.5 Å². The Labute approximate surface area is 104 Å². The Morgan fingerprint density at radius 2 is 2.29 bits per heavy atom. The maximum Gasteiger partial charge on any atom is 0.224 e. The van der Waals surface area contributed by atoms with Crippen LogP contribution in [0.5, 0.6) is 0 Å². The molecular formula is C13H26N2O2. The Hall–Kier alpha value is -0.610. The molecule has 1 rings (SSSR count). The molecule has 0 aliphatic carbocycles. The van der Waals surface area contributed by atoms with Crippen LogP contribution in [0, 0.1) is 11.3 Å². The highest BCUT2D eigenvalue weighted by Crippen LogP contribution is 2.19. The van der Waals surface area contributed by atoms with Gasteiger partial charge in [0.15, 0.2) is 0 Å². The molecule has 1 fully saturated rings. The average molecular weight is 242 g/mol. The van der Waals surface area contributed by atoms with E-state index in [4.69, 9.17) is 4.74 Å². The summed E-state index contributed by atoms with van der Waals surface area (Å²) in [6.07, 6.45) is 3.08. The van der Waals surface area contributed by atoms with E-state index in [1.807, 2.05) is 0 Å². The molecule has 1 heterocycles. The summed E-state index contributed by atoms with van der Waals surface area (Å²) in [5, 5.41) is 6.33. The molecular weight excluding hydrogens is 216 g/mol. The van der Waals surface area contributed by atoms with Crippen molar-refractivity contribution >= 4 is 5.91 Å². The molecule has 0 unspecified atom stereocenters. The molecule has 0 spiro atoms. The van der Waals surface area contributed by atoms with Gasteiger partial charge in [-0.2, -0.15) is 0 Å². The molecule has 1 aliphatic rings. The number of carbonyl (C=O) groups excluding carboxylic acids is 1. The van der Waals surface area contributed by atoms with Gasteiger partial charge in [0.05, 0.1) is 5.92 Å². The first-order chi connectivity index (χ1) is 8.05. The highest BCUT2D eigenvalue weighted by atomic mass is 16.5. The van der Waals surface area contributed by atoms with Gasteiger partial charge in [-0.15, -0.1) is 0 Å². The summed E-state index contributed by atoms with van der Waals surface area (Å²) in [5.41, 5.74) is 0.105. The van der Waals surface area contributed by atoms with E-state index in [1.54, 1.807) is 7.11 Å². The largest absolute Gasteiger partial charge is 0.385 e. The number of piperidine rings is 1. The van der Waals surface area contributed by atoms with Crippen molar-refractivity contribution in [2.75, 3.05) is 33.4 Å². The third-order valence-corrected chi connectivity index (χ3v) is 3.39. The number of nitrogens with one attached hydrogen (secondary N) is 2. The standard InChI is InChI=1S/C13H26N2O2/c1-13(2,6-8-17-3)10-15-12(16)11-5-4-7-14-9-11/h11,14H,4-10H2,1-3H3,(H,15,16)/t11-/m0/s1. The van der Waals surface area contributed by atoms with E-state index in [0.29, 0.717) is 0 Å². The zero-order chi connectivity index (χ0) is 12.7. The summed E-state index contributed by atoms with van der Waals surface area (Å²) in [5.74, 6) is 0.352. The summed E-state index contributed by atoms with van der Waals surface area (Å²) in [6.45, 7) is 7.66. The van der Waals surface area contributed by atoms with Crippen LogP contribution >= 0.6 is 0 Å². The lowest BCUT2D eigenvalue weighted by molar-refractivity contribution is -0.126. The Bertz CT molecular complexity index is 236. The first-order valence-electron chi connectivity index (χ1n) is 6.52. The third kappa shape index (κ3) is 5.50. The van der Waals surface area contributed by atoms with Crippen LogP contribution in [0.25, 0.3) is 0 Å². The summed E-state index contributed by atoms with van der Waals surface area (Å²) in [7, 11) is 1.71. The Morgan fingerprint density at radius 1 is 1.53 bits per heavy atom. The van der Waals surface area contributed by atoms with Crippen molar-refractivity contribution in [3.63, 3.8) is 0 Å². The minimum Gasteiger partial charge on any atom is -0.385 e. The maximum atomic E-state index is 11.9. The number of amides is 1. The lowest BCUT2D eigenvalue weighted by Crippen LogP contribution is -2.43. The number of methoxy groups -OCH3 is 1. The molecule has 2 N–H and O–H groups in total. The molecule has 0 aromatic heterocycles. The fourth-order valence-corrected chi connectivity index (χ4v) is 2.01. The van der Waals surface area contributed by atoms with Crippen LogP contribution in [0.4, 0.5) is 0 Å². The van der Waals surface area contributed by atoms with Crippen LogP contribution in [0.1, 0.15) is 33.1 Å². The third-order valence-electron chi connectivity index (χ3n) is 3.39. The molecule has 1 atom stereocenters. The van der Waals surface area contributed by atoms with E-state index in [-0.39, 0.29) is 17.2 Å². The van der Waals surface area contributed by atoms with E-state index in [9.17, 15) is 4.79 Å². The van der Waals surface area contributed by atoms with Crippen LogP contribution in [0.3, 0.4) is 0 Å². The Morgan fingerprint density at radius 3 is 2.88 bits per heavy atom. The van der Waals surface area contributed by atoms with Crippen molar-refractivity contribution in [3.05, 3.63) is 0 Å². The molecule has 0 aromatic rings. The predicted molar refractivity (Wildman–Crippen MR) is 68.9 cm³/mol. The maximum absolute atomic E-state index is 11.9. The molecule has 1 amide bonds. The predicted octanol–water partition coefficient (Wildman–Crippen LogP) is 1.16. The summed E-state index contributed by atoms with van der Waals surface area (Å²) in [6, 6.07) is 0. The van der Waals surface area contributed by atoms with Gasteiger partial charge in [-0.05, 0) is 31.2 Å². The fourth-order valence-electron chi connectivity index (χ4n) is 2.01. The van der Waals surface area contributed by atoms with Crippen LogP contribution in [-0.2, 0) is 9.53 Å². The molecule has 0 aromatic carbocycles. The highest BCUT2D eigenvalue weighted by Gasteiger charge is 2.23. The van der Waals surface area contributed by atoms with Gasteiger partial charge >= 0.3 is 0 Å². The number of carbonyl (C=O) groups is 1. The van der Waals surface area contributed by atoms with Gasteiger partial charge in [0.25, 0.3) is 0 Å². The molecule has 0 radical (unpaired) electrons. The molecule has 1 aliphatic heterocycles. The van der Waals surface area contributed by atoms with Gasteiger partial charge in [-0.1, -0.05) is 13.8 Å². The van der Waals surface area contributed by atoms with Crippen molar-refractivity contribution in [1.29, 1.82) is 0 Å². The van der Waals surface area contributed by atoms with Crippen LogP contribution in [0.2, 0.25) is 0 Å². The zero-order valence-corrected chi connectivity index (χ0v) is 11.3. The topological polar surface area (TPSA) is 50.4 Å². The SMILES string of the molecule is COCCC(C)(C)CNC(=O)[C@H]1CCCNC1. The summed E-state index contributed by atoms with van der Waals surface area (Å²) >= 11 is 0.